The fourth-order valence-electron chi connectivity index (χ4n) is 10.6. The van der Waals surface area contributed by atoms with Gasteiger partial charge in [0.25, 0.3) is 0 Å². The summed E-state index contributed by atoms with van der Waals surface area (Å²) in [5.41, 5.74) is 1.34. The second-order valence-corrected chi connectivity index (χ2v) is 19.1. The lowest BCUT2D eigenvalue weighted by Gasteiger charge is -2.55. The SMILES string of the molecule is C=CC(=O)N1CCCC[C@H](S(=O)(=O)c2ccc(N3CC(CN4CCC([C@@](CN5CCC5)(c5cccc(F)c5)[C@H]5CCC[C@@H]5NC(=O)OC)CC4)(OC)C3)cc2)C1. The van der Waals surface area contributed by atoms with E-state index in [1.807, 2.05) is 18.2 Å². The van der Waals surface area contributed by atoms with Crippen LogP contribution in [0.1, 0.15) is 63.4 Å². The van der Waals surface area contributed by atoms with Gasteiger partial charge in [-0.1, -0.05) is 31.6 Å². The maximum Gasteiger partial charge on any atom is 0.407 e. The second kappa shape index (κ2) is 17.1. The number of halogens is 1. The van der Waals surface area contributed by atoms with Crippen molar-refractivity contribution in [2.24, 2.45) is 11.8 Å². The van der Waals surface area contributed by atoms with Gasteiger partial charge in [-0.05, 0) is 131 Å². The number of hydrogen-bond acceptors (Lipinski definition) is 9. The molecule has 1 saturated carbocycles. The predicted octanol–water partition coefficient (Wildman–Crippen LogP) is 5.25. The van der Waals surface area contributed by atoms with Gasteiger partial charge in [-0.2, -0.15) is 0 Å². The minimum atomic E-state index is -3.62. The van der Waals surface area contributed by atoms with Crippen molar-refractivity contribution >= 4 is 27.5 Å². The number of amides is 2. The van der Waals surface area contributed by atoms with Crippen LogP contribution in [-0.4, -0.2) is 132 Å². The third kappa shape index (κ3) is 8.24. The highest BCUT2D eigenvalue weighted by Crippen LogP contribution is 2.51. The quantitative estimate of drug-likeness (QED) is 0.272. The molecule has 11 nitrogen and oxygen atoms in total. The molecule has 56 heavy (non-hydrogen) atoms. The van der Waals surface area contributed by atoms with Crippen LogP contribution in [0.2, 0.25) is 0 Å². The molecule has 2 amide bonds. The number of nitrogens with zero attached hydrogens (tertiary/aromatic N) is 4. The molecular formula is C43H60FN5O6S. The van der Waals surface area contributed by atoms with Crippen molar-refractivity contribution in [3.63, 3.8) is 0 Å². The maximum absolute atomic E-state index is 15.1. The van der Waals surface area contributed by atoms with Crippen LogP contribution in [-0.2, 0) is 29.5 Å². The molecule has 4 aliphatic heterocycles. The number of sulfone groups is 1. The predicted molar refractivity (Wildman–Crippen MR) is 215 cm³/mol. The molecule has 306 valence electrons. The van der Waals surface area contributed by atoms with E-state index in [0.717, 1.165) is 95.5 Å². The van der Waals surface area contributed by atoms with E-state index >= 15 is 4.39 Å². The van der Waals surface area contributed by atoms with E-state index in [4.69, 9.17) is 9.47 Å². The van der Waals surface area contributed by atoms with Crippen molar-refractivity contribution in [3.05, 3.63) is 72.6 Å². The molecule has 0 aromatic heterocycles. The van der Waals surface area contributed by atoms with E-state index in [1.54, 1.807) is 30.2 Å². The lowest BCUT2D eigenvalue weighted by atomic mass is 9.57. The first kappa shape index (κ1) is 40.7. The molecule has 4 atom stereocenters. The van der Waals surface area contributed by atoms with Gasteiger partial charge in [-0.25, -0.2) is 17.6 Å². The molecule has 2 aromatic rings. The van der Waals surface area contributed by atoms with Crippen molar-refractivity contribution in [2.75, 3.05) is 84.6 Å². The molecule has 2 aromatic carbocycles. The van der Waals surface area contributed by atoms with E-state index < -0.39 is 21.2 Å². The summed E-state index contributed by atoms with van der Waals surface area (Å²) in [7, 11) is -0.424. The van der Waals surface area contributed by atoms with Crippen molar-refractivity contribution in [1.29, 1.82) is 0 Å². The van der Waals surface area contributed by atoms with Gasteiger partial charge in [0.1, 0.15) is 11.4 Å². The number of carbonyl (C=O) groups is 2. The Morgan fingerprint density at radius 1 is 0.929 bits per heavy atom. The maximum atomic E-state index is 15.1. The first-order chi connectivity index (χ1) is 27.0. The fraction of sp³-hybridized carbons (Fsp3) is 0.628. The highest BCUT2D eigenvalue weighted by atomic mass is 32.2. The molecule has 4 saturated heterocycles. The van der Waals surface area contributed by atoms with Gasteiger partial charge in [0.2, 0.25) is 5.91 Å². The lowest BCUT2D eigenvalue weighted by molar-refractivity contribution is -0.125. The molecule has 5 fully saturated rings. The summed E-state index contributed by atoms with van der Waals surface area (Å²) >= 11 is 0. The number of anilines is 1. The van der Waals surface area contributed by atoms with Gasteiger partial charge in [0, 0.05) is 50.4 Å². The third-order valence-electron chi connectivity index (χ3n) is 13.8. The molecule has 0 radical (unpaired) electrons. The number of alkyl carbamates (subject to hydrolysis) is 1. The van der Waals surface area contributed by atoms with E-state index in [9.17, 15) is 18.0 Å². The number of hydrogen-bond donors (Lipinski definition) is 1. The van der Waals surface area contributed by atoms with E-state index in [0.29, 0.717) is 32.0 Å². The number of piperidine rings is 1. The van der Waals surface area contributed by atoms with Crippen molar-refractivity contribution in [3.8, 4) is 0 Å². The molecule has 0 unspecified atom stereocenters. The minimum Gasteiger partial charge on any atom is -0.453 e. The average Bonchev–Trinajstić information content (AvgIpc) is 3.48. The van der Waals surface area contributed by atoms with Crippen LogP contribution in [0, 0.1) is 17.7 Å². The van der Waals surface area contributed by atoms with Crippen LogP contribution in [0.5, 0.6) is 0 Å². The summed E-state index contributed by atoms with van der Waals surface area (Å²) in [6, 6.07) is 14.4. The highest BCUT2D eigenvalue weighted by Gasteiger charge is 2.54. The number of benzene rings is 2. The summed E-state index contributed by atoms with van der Waals surface area (Å²) in [4.78, 5) is 34.0. The Morgan fingerprint density at radius 2 is 1.68 bits per heavy atom. The topological polar surface area (TPSA) is 112 Å². The Labute approximate surface area is 332 Å². The van der Waals surface area contributed by atoms with Gasteiger partial charge < -0.3 is 34.4 Å². The summed E-state index contributed by atoms with van der Waals surface area (Å²) in [5.74, 6) is 0.0263. The van der Waals surface area contributed by atoms with Crippen molar-refractivity contribution in [1.82, 2.24) is 20.0 Å². The van der Waals surface area contributed by atoms with Gasteiger partial charge in [-0.3, -0.25) is 4.79 Å². The van der Waals surface area contributed by atoms with E-state index in [2.05, 4.69) is 32.7 Å². The molecule has 4 heterocycles. The normalized spacial score (nSPS) is 26.0. The summed E-state index contributed by atoms with van der Waals surface area (Å²) in [6.07, 6.45) is 8.90. The molecule has 1 N–H and O–H groups in total. The Bertz CT molecular complexity index is 1810. The number of nitrogens with one attached hydrogen (secondary N) is 1. The number of rotatable bonds is 13. The third-order valence-corrected chi connectivity index (χ3v) is 16.0. The van der Waals surface area contributed by atoms with Crippen LogP contribution >= 0.6 is 0 Å². The first-order valence-corrected chi connectivity index (χ1v) is 22.2. The first-order valence-electron chi connectivity index (χ1n) is 20.6. The minimum absolute atomic E-state index is 0.0351. The van der Waals surface area contributed by atoms with E-state index in [1.165, 1.54) is 25.7 Å². The molecular weight excluding hydrogens is 734 g/mol. The van der Waals surface area contributed by atoms with Crippen LogP contribution in [0.25, 0.3) is 0 Å². The second-order valence-electron chi connectivity index (χ2n) is 16.9. The monoisotopic (exact) mass is 793 g/mol. The average molecular weight is 794 g/mol. The standard InChI is InChI=1S/C43H60FN5O6S/c1-4-40(50)48-23-6-5-12-37(27-48)56(52,53)36-17-15-35(16-18-36)49-29-42(30-49,55-3)28-47-24-19-32(20-25-47)43(31-46-21-9-22-46,33-10-7-11-34(44)26-33)38-13-8-14-39(38)45-41(51)54-2/h4,7,10-11,15-18,26,32,37-39H,1,5-6,8-9,12-14,19-25,27-31H2,2-3H3,(H,45,51)/t37-,38-,39-,43-/m0/s1. The Hall–Kier alpha value is -3.52. The smallest absolute Gasteiger partial charge is 0.407 e. The molecule has 7 rings (SSSR count). The van der Waals surface area contributed by atoms with Crippen molar-refractivity contribution in [2.45, 2.75) is 85.0 Å². The Kier molecular flexibility index (Phi) is 12.4. The Morgan fingerprint density at radius 3 is 2.32 bits per heavy atom. The largest absolute Gasteiger partial charge is 0.453 e. The van der Waals surface area contributed by atoms with Crippen LogP contribution in [0.3, 0.4) is 0 Å². The number of ether oxygens (including phenoxy) is 2. The van der Waals surface area contributed by atoms with Gasteiger partial charge in [0.05, 0.1) is 30.3 Å². The summed E-state index contributed by atoms with van der Waals surface area (Å²) in [5, 5.41) is 2.54. The highest BCUT2D eigenvalue weighted by molar-refractivity contribution is 7.92. The fourth-order valence-corrected chi connectivity index (χ4v) is 12.4. The molecule has 0 spiro atoms. The molecule has 1 aliphatic carbocycles. The van der Waals surface area contributed by atoms with E-state index in [-0.39, 0.29) is 46.1 Å². The summed E-state index contributed by atoms with van der Waals surface area (Å²) in [6.45, 7) is 11.2. The van der Waals surface area contributed by atoms with Gasteiger partial charge in [-0.15, -0.1) is 0 Å². The number of methoxy groups -OCH3 is 2. The van der Waals surface area contributed by atoms with Crippen molar-refractivity contribution < 1.29 is 31.9 Å². The van der Waals surface area contributed by atoms with Crippen LogP contribution in [0.4, 0.5) is 14.9 Å². The zero-order valence-corrected chi connectivity index (χ0v) is 34.0. The zero-order valence-electron chi connectivity index (χ0n) is 33.2. The lowest BCUT2D eigenvalue weighted by Crippen LogP contribution is -2.68. The molecule has 5 aliphatic rings. The molecule has 0 bridgehead atoms. The molecule has 13 heteroatoms. The van der Waals surface area contributed by atoms with Gasteiger partial charge >= 0.3 is 6.09 Å². The van der Waals surface area contributed by atoms with Crippen LogP contribution < -0.4 is 10.2 Å². The number of carbonyl (C=O) groups excluding carboxylic acids is 2. The zero-order chi connectivity index (χ0) is 39.5. The summed E-state index contributed by atoms with van der Waals surface area (Å²) < 4.78 is 53.7. The Balaban J connectivity index is 1.02. The van der Waals surface area contributed by atoms with Gasteiger partial charge in [0.15, 0.2) is 9.84 Å². The number of likely N-dealkylation sites (tertiary alicyclic amines) is 3. The van der Waals surface area contributed by atoms with Crippen LogP contribution in [0.15, 0.2) is 66.1 Å².